The van der Waals surface area contributed by atoms with Crippen LogP contribution in [-0.2, 0) is 6.18 Å². The van der Waals surface area contributed by atoms with E-state index in [1.165, 1.54) is 41.8 Å². The number of amides is 1. The highest BCUT2D eigenvalue weighted by atomic mass is 35.5. The summed E-state index contributed by atoms with van der Waals surface area (Å²) in [5.41, 5.74) is 2.18. The normalized spacial score (nSPS) is 11.7. The highest BCUT2D eigenvalue weighted by Gasteiger charge is 2.30. The number of hydrogen-bond donors (Lipinski definition) is 0. The summed E-state index contributed by atoms with van der Waals surface area (Å²) < 4.78 is 40.1. The van der Waals surface area contributed by atoms with Crippen molar-refractivity contribution in [2.24, 2.45) is 0 Å². The van der Waals surface area contributed by atoms with Crippen LogP contribution in [0.5, 0.6) is 0 Å². The third-order valence-electron chi connectivity index (χ3n) is 4.81. The molecule has 3 aromatic heterocycles. The fraction of sp³-hybridized carbons (Fsp3) is 0.143. The molecule has 3 heterocycles. The van der Waals surface area contributed by atoms with Crippen LogP contribution in [0.3, 0.4) is 0 Å². The van der Waals surface area contributed by atoms with Gasteiger partial charge in [0, 0.05) is 18.8 Å². The second-order valence-electron chi connectivity index (χ2n) is 6.88. The number of imidazole rings is 1. The number of pyridine rings is 1. The zero-order valence-corrected chi connectivity index (χ0v) is 17.1. The van der Waals surface area contributed by atoms with Crippen molar-refractivity contribution >= 4 is 28.8 Å². The summed E-state index contributed by atoms with van der Waals surface area (Å²) in [5.74, 6) is -0.391. The Balaban J connectivity index is 1.69. The van der Waals surface area contributed by atoms with Gasteiger partial charge in [-0.1, -0.05) is 23.7 Å². The van der Waals surface area contributed by atoms with Gasteiger partial charge in [-0.05, 0) is 30.7 Å². The molecular formula is C21H15ClF3N5O. The SMILES string of the molecule is Cc1cc(N(C)C(=O)c2cn3c(-c4ccc(C(F)(F)F)cc4)cnc3cn2)cnc1Cl. The molecule has 1 amide bonds. The molecule has 0 aliphatic carbocycles. The molecule has 31 heavy (non-hydrogen) atoms. The van der Waals surface area contributed by atoms with E-state index < -0.39 is 17.6 Å². The molecule has 0 spiro atoms. The lowest BCUT2D eigenvalue weighted by Gasteiger charge is -2.17. The van der Waals surface area contributed by atoms with Crippen LogP contribution < -0.4 is 4.90 Å². The van der Waals surface area contributed by atoms with Gasteiger partial charge in [0.1, 0.15) is 10.8 Å². The van der Waals surface area contributed by atoms with Crippen molar-refractivity contribution in [3.8, 4) is 11.3 Å². The van der Waals surface area contributed by atoms with Crippen molar-refractivity contribution < 1.29 is 18.0 Å². The Hall–Kier alpha value is -3.46. The quantitative estimate of drug-likeness (QED) is 0.414. The lowest BCUT2D eigenvalue weighted by atomic mass is 10.1. The standard InChI is InChI=1S/C21H15ClF3N5O/c1-12-7-15(8-28-19(12)22)29(2)20(31)16-11-30-17(9-27-18(30)10-26-16)13-3-5-14(6-4-13)21(23,24)25/h3-11H,1-2H3. The number of benzene rings is 1. The van der Waals surface area contributed by atoms with E-state index in [1.54, 1.807) is 24.4 Å². The molecule has 0 N–H and O–H groups in total. The average molecular weight is 446 g/mol. The van der Waals surface area contributed by atoms with Gasteiger partial charge in [0.05, 0.1) is 35.5 Å². The van der Waals surface area contributed by atoms with Crippen molar-refractivity contribution in [1.82, 2.24) is 19.4 Å². The Morgan fingerprint density at radius 1 is 1.06 bits per heavy atom. The number of alkyl halides is 3. The molecular weight excluding hydrogens is 431 g/mol. The molecule has 0 saturated heterocycles. The van der Waals surface area contributed by atoms with Gasteiger partial charge < -0.3 is 4.90 Å². The summed E-state index contributed by atoms with van der Waals surface area (Å²) in [6.07, 6.45) is 1.52. The summed E-state index contributed by atoms with van der Waals surface area (Å²) in [6.45, 7) is 1.78. The molecule has 0 aliphatic rings. The molecule has 0 atom stereocenters. The zero-order valence-electron chi connectivity index (χ0n) is 16.4. The van der Waals surface area contributed by atoms with Gasteiger partial charge in [-0.2, -0.15) is 13.2 Å². The first kappa shape index (κ1) is 20.8. The number of carbonyl (C=O) groups excluding carboxylic acids is 1. The van der Waals surface area contributed by atoms with E-state index in [9.17, 15) is 18.0 Å². The second kappa shape index (κ2) is 7.66. The third-order valence-corrected chi connectivity index (χ3v) is 5.21. The fourth-order valence-electron chi connectivity index (χ4n) is 3.06. The minimum absolute atomic E-state index is 0.133. The Labute approximate surface area is 180 Å². The molecule has 1 aromatic carbocycles. The van der Waals surface area contributed by atoms with Gasteiger partial charge in [0.25, 0.3) is 5.91 Å². The van der Waals surface area contributed by atoms with Gasteiger partial charge in [0.15, 0.2) is 5.65 Å². The average Bonchev–Trinajstić information content (AvgIpc) is 3.17. The Kier molecular flexibility index (Phi) is 5.14. The van der Waals surface area contributed by atoms with Crippen molar-refractivity contribution in [1.29, 1.82) is 0 Å². The van der Waals surface area contributed by atoms with Gasteiger partial charge >= 0.3 is 6.18 Å². The number of aryl methyl sites for hydroxylation is 1. The molecule has 4 rings (SSSR count). The molecule has 0 aliphatic heterocycles. The van der Waals surface area contributed by atoms with E-state index in [0.29, 0.717) is 27.7 Å². The minimum Gasteiger partial charge on any atom is -0.309 e. The van der Waals surface area contributed by atoms with Crippen molar-refractivity contribution in [2.75, 3.05) is 11.9 Å². The molecule has 0 saturated carbocycles. The van der Waals surface area contributed by atoms with Crippen LogP contribution in [0, 0.1) is 6.92 Å². The number of halogens is 4. The second-order valence-corrected chi connectivity index (χ2v) is 7.24. The molecule has 10 heteroatoms. The van der Waals surface area contributed by atoms with E-state index in [2.05, 4.69) is 15.0 Å². The summed E-state index contributed by atoms with van der Waals surface area (Å²) in [7, 11) is 1.59. The van der Waals surface area contributed by atoms with Gasteiger partial charge in [-0.3, -0.25) is 9.20 Å². The van der Waals surface area contributed by atoms with Crippen LogP contribution in [-0.4, -0.2) is 32.3 Å². The van der Waals surface area contributed by atoms with Crippen LogP contribution in [0.15, 0.2) is 55.1 Å². The maximum Gasteiger partial charge on any atom is 0.416 e. The van der Waals surface area contributed by atoms with Crippen molar-refractivity contribution in [2.45, 2.75) is 13.1 Å². The van der Waals surface area contributed by atoms with Crippen LogP contribution >= 0.6 is 11.6 Å². The van der Waals surface area contributed by atoms with Crippen molar-refractivity contribution in [3.05, 3.63) is 77.1 Å². The fourth-order valence-corrected chi connectivity index (χ4v) is 3.16. The number of aromatic nitrogens is 4. The number of carbonyl (C=O) groups is 1. The monoisotopic (exact) mass is 445 g/mol. The smallest absolute Gasteiger partial charge is 0.309 e. The lowest BCUT2D eigenvalue weighted by molar-refractivity contribution is -0.137. The predicted molar refractivity (Wildman–Crippen MR) is 110 cm³/mol. The molecule has 0 unspecified atom stereocenters. The van der Waals surface area contributed by atoms with Crippen LogP contribution in [0.2, 0.25) is 5.15 Å². The molecule has 6 nitrogen and oxygen atoms in total. The third kappa shape index (κ3) is 3.96. The number of fused-ring (bicyclic) bond motifs is 1. The number of nitrogens with zero attached hydrogens (tertiary/aromatic N) is 5. The maximum atomic E-state index is 13.0. The van der Waals surface area contributed by atoms with Gasteiger partial charge in [0.2, 0.25) is 0 Å². The van der Waals surface area contributed by atoms with Crippen molar-refractivity contribution in [3.63, 3.8) is 0 Å². The van der Waals surface area contributed by atoms with E-state index in [0.717, 1.165) is 17.7 Å². The zero-order chi connectivity index (χ0) is 22.3. The number of anilines is 1. The van der Waals surface area contributed by atoms with E-state index in [1.807, 2.05) is 0 Å². The number of hydrogen-bond acceptors (Lipinski definition) is 4. The summed E-state index contributed by atoms with van der Waals surface area (Å²) in [4.78, 5) is 26.8. The highest BCUT2D eigenvalue weighted by Crippen LogP contribution is 2.31. The largest absolute Gasteiger partial charge is 0.416 e. The lowest BCUT2D eigenvalue weighted by Crippen LogP contribution is -2.27. The molecule has 0 radical (unpaired) electrons. The molecule has 4 aromatic rings. The maximum absolute atomic E-state index is 13.0. The number of rotatable bonds is 3. The summed E-state index contributed by atoms with van der Waals surface area (Å²) in [5, 5.41) is 0.351. The van der Waals surface area contributed by atoms with Crippen LogP contribution in [0.4, 0.5) is 18.9 Å². The first-order valence-corrected chi connectivity index (χ1v) is 9.44. The Morgan fingerprint density at radius 2 is 1.77 bits per heavy atom. The Morgan fingerprint density at radius 3 is 2.42 bits per heavy atom. The topological polar surface area (TPSA) is 63.4 Å². The molecule has 158 valence electrons. The van der Waals surface area contributed by atoms with Gasteiger partial charge in [-0.15, -0.1) is 0 Å². The van der Waals surface area contributed by atoms with E-state index in [4.69, 9.17) is 11.6 Å². The molecule has 0 bridgehead atoms. The van der Waals surface area contributed by atoms with Crippen LogP contribution in [0.25, 0.3) is 16.9 Å². The Bertz CT molecular complexity index is 1280. The molecule has 0 fully saturated rings. The van der Waals surface area contributed by atoms with Gasteiger partial charge in [-0.25, -0.2) is 15.0 Å². The van der Waals surface area contributed by atoms with E-state index >= 15 is 0 Å². The predicted octanol–water partition coefficient (Wildman–Crippen LogP) is 5.05. The van der Waals surface area contributed by atoms with Crippen LogP contribution in [0.1, 0.15) is 21.6 Å². The minimum atomic E-state index is -4.42. The summed E-state index contributed by atoms with van der Waals surface area (Å²) in [6, 6.07) is 6.47. The van der Waals surface area contributed by atoms with E-state index in [-0.39, 0.29) is 5.69 Å². The highest BCUT2D eigenvalue weighted by molar-refractivity contribution is 6.30. The first-order chi connectivity index (χ1) is 14.6. The first-order valence-electron chi connectivity index (χ1n) is 9.06. The summed E-state index contributed by atoms with van der Waals surface area (Å²) >= 11 is 5.95.